The van der Waals surface area contributed by atoms with Gasteiger partial charge in [0.25, 0.3) is 0 Å². The molecule has 1 aromatic carbocycles. The van der Waals surface area contributed by atoms with Crippen LogP contribution in [0.2, 0.25) is 0 Å². The number of nitrogens with zero attached hydrogens (tertiary/aromatic N) is 1. The van der Waals surface area contributed by atoms with E-state index in [1.165, 1.54) is 6.92 Å². The van der Waals surface area contributed by atoms with Crippen molar-refractivity contribution < 1.29 is 23.4 Å². The molecule has 5 nitrogen and oxygen atoms in total. The molecule has 0 spiro atoms. The first-order valence-electron chi connectivity index (χ1n) is 4.68. The zero-order valence-corrected chi connectivity index (χ0v) is 8.81. The minimum absolute atomic E-state index is 0.0494. The minimum Gasteiger partial charge on any atom is -0.508 e. The Bertz CT molecular complexity index is 427. The molecule has 0 radical (unpaired) electrons. The van der Waals surface area contributed by atoms with E-state index in [9.17, 15) is 18.5 Å². The van der Waals surface area contributed by atoms with Crippen LogP contribution in [0, 0.1) is 16.5 Å². The Kier molecular flexibility index (Phi) is 4.08. The lowest BCUT2D eigenvalue weighted by Crippen LogP contribution is -2.16. The third-order valence-electron chi connectivity index (χ3n) is 1.95. The van der Waals surface area contributed by atoms with Gasteiger partial charge in [-0.1, -0.05) is 0 Å². The van der Waals surface area contributed by atoms with E-state index in [2.05, 4.69) is 9.91 Å². The number of nitroso groups, excluding NO2 is 1. The molecule has 0 aliphatic carbocycles. The van der Waals surface area contributed by atoms with Gasteiger partial charge >= 0.3 is 5.97 Å². The van der Waals surface area contributed by atoms with Crippen molar-refractivity contribution in [2.45, 2.75) is 13.0 Å². The summed E-state index contributed by atoms with van der Waals surface area (Å²) in [6.07, 6.45) is 0. The van der Waals surface area contributed by atoms with E-state index in [0.717, 1.165) is 0 Å². The highest BCUT2D eigenvalue weighted by atomic mass is 19.1. The number of halogens is 2. The molecule has 17 heavy (non-hydrogen) atoms. The lowest BCUT2D eigenvalue weighted by molar-refractivity contribution is -0.144. The van der Waals surface area contributed by atoms with Gasteiger partial charge in [0, 0.05) is 12.1 Å². The topological polar surface area (TPSA) is 76.0 Å². The van der Waals surface area contributed by atoms with Crippen molar-refractivity contribution in [3.8, 4) is 5.75 Å². The number of carbonyl (C=O) groups excluding carboxylic acids is 1. The number of phenols is 1. The minimum atomic E-state index is -1.92. The van der Waals surface area contributed by atoms with Gasteiger partial charge in [-0.15, -0.1) is 4.91 Å². The number of esters is 1. The van der Waals surface area contributed by atoms with Gasteiger partial charge in [-0.3, -0.25) is 0 Å². The molecule has 0 bridgehead atoms. The van der Waals surface area contributed by atoms with Crippen LogP contribution < -0.4 is 0 Å². The second-order valence-electron chi connectivity index (χ2n) is 3.08. The van der Waals surface area contributed by atoms with Crippen molar-refractivity contribution >= 4 is 5.97 Å². The quantitative estimate of drug-likeness (QED) is 0.650. The third-order valence-corrected chi connectivity index (χ3v) is 1.95. The maximum atomic E-state index is 13.3. The monoisotopic (exact) mass is 245 g/mol. The zero-order valence-electron chi connectivity index (χ0n) is 8.81. The fourth-order valence-corrected chi connectivity index (χ4v) is 1.27. The number of hydrogen-bond acceptors (Lipinski definition) is 5. The Morgan fingerprint density at radius 3 is 2.41 bits per heavy atom. The first-order chi connectivity index (χ1) is 8.01. The molecular formula is C10H9F2NO4. The number of rotatable bonds is 4. The fraction of sp³-hybridized carbons (Fsp3) is 0.300. The summed E-state index contributed by atoms with van der Waals surface area (Å²) in [5.74, 6) is -4.27. The highest BCUT2D eigenvalue weighted by Gasteiger charge is 2.30. The van der Waals surface area contributed by atoms with Crippen molar-refractivity contribution in [3.05, 3.63) is 34.2 Å². The molecule has 0 saturated heterocycles. The summed E-state index contributed by atoms with van der Waals surface area (Å²) in [4.78, 5) is 21.7. The van der Waals surface area contributed by atoms with Crippen LogP contribution in [0.25, 0.3) is 0 Å². The van der Waals surface area contributed by atoms with E-state index >= 15 is 0 Å². The fourth-order valence-electron chi connectivity index (χ4n) is 1.27. The van der Waals surface area contributed by atoms with Crippen LogP contribution in [-0.2, 0) is 9.53 Å². The van der Waals surface area contributed by atoms with Gasteiger partial charge in [0.2, 0.25) is 6.04 Å². The summed E-state index contributed by atoms with van der Waals surface area (Å²) in [5, 5.41) is 11.3. The van der Waals surface area contributed by atoms with Crippen molar-refractivity contribution in [3.63, 3.8) is 0 Å². The molecule has 1 unspecified atom stereocenters. The largest absolute Gasteiger partial charge is 0.508 e. The average molecular weight is 245 g/mol. The molecule has 0 aliphatic heterocycles. The van der Waals surface area contributed by atoms with E-state index in [4.69, 9.17) is 5.11 Å². The Hall–Kier alpha value is -2.05. The van der Waals surface area contributed by atoms with Crippen LogP contribution in [0.15, 0.2) is 17.3 Å². The predicted octanol–water partition coefficient (Wildman–Crippen LogP) is 2.04. The molecular weight excluding hydrogens is 236 g/mol. The average Bonchev–Trinajstić information content (AvgIpc) is 2.23. The van der Waals surface area contributed by atoms with E-state index in [0.29, 0.717) is 12.1 Å². The van der Waals surface area contributed by atoms with Crippen molar-refractivity contribution in [1.82, 2.24) is 0 Å². The molecule has 0 amide bonds. The first kappa shape index (κ1) is 13.0. The molecule has 0 saturated carbocycles. The van der Waals surface area contributed by atoms with Crippen LogP contribution in [0.1, 0.15) is 18.5 Å². The molecule has 92 valence electrons. The van der Waals surface area contributed by atoms with Gasteiger partial charge in [0.1, 0.15) is 17.4 Å². The standard InChI is InChI=1S/C10H9F2NO4/c1-2-17-10(15)9(13-16)8-6(11)3-5(14)4-7(8)12/h3-4,9,14H,2H2,1H3. The summed E-state index contributed by atoms with van der Waals surface area (Å²) in [7, 11) is 0. The first-order valence-corrected chi connectivity index (χ1v) is 4.68. The lowest BCUT2D eigenvalue weighted by Gasteiger charge is -2.10. The van der Waals surface area contributed by atoms with Crippen molar-refractivity contribution in [2.24, 2.45) is 5.18 Å². The van der Waals surface area contributed by atoms with Crippen molar-refractivity contribution in [1.29, 1.82) is 0 Å². The van der Waals surface area contributed by atoms with E-state index < -0.39 is 35.0 Å². The Balaban J connectivity index is 3.21. The summed E-state index contributed by atoms with van der Waals surface area (Å²) in [5.41, 5.74) is -0.837. The van der Waals surface area contributed by atoms with Crippen LogP contribution in [-0.4, -0.2) is 17.7 Å². The summed E-state index contributed by atoms with van der Waals surface area (Å²) in [6.45, 7) is 1.43. The maximum Gasteiger partial charge on any atom is 0.339 e. The second-order valence-corrected chi connectivity index (χ2v) is 3.08. The number of benzene rings is 1. The van der Waals surface area contributed by atoms with Gasteiger partial charge in [-0.05, 0) is 12.1 Å². The Morgan fingerprint density at radius 1 is 1.47 bits per heavy atom. The van der Waals surface area contributed by atoms with E-state index in [1.807, 2.05) is 0 Å². The smallest absolute Gasteiger partial charge is 0.339 e. The number of hydrogen-bond donors (Lipinski definition) is 1. The molecule has 1 rings (SSSR count). The van der Waals surface area contributed by atoms with Crippen LogP contribution in [0.3, 0.4) is 0 Å². The van der Waals surface area contributed by atoms with E-state index in [1.54, 1.807) is 0 Å². The molecule has 0 aromatic heterocycles. The molecule has 0 aliphatic rings. The third kappa shape index (κ3) is 2.74. The number of phenolic OH excluding ortho intramolecular Hbond substituents is 1. The van der Waals surface area contributed by atoms with E-state index in [-0.39, 0.29) is 6.61 Å². The zero-order chi connectivity index (χ0) is 13.0. The second kappa shape index (κ2) is 5.33. The number of aromatic hydroxyl groups is 1. The Morgan fingerprint density at radius 2 is 2.00 bits per heavy atom. The maximum absolute atomic E-state index is 13.3. The SMILES string of the molecule is CCOC(=O)C(N=O)c1c(F)cc(O)cc1F. The van der Waals surface area contributed by atoms with Gasteiger partial charge < -0.3 is 9.84 Å². The highest BCUT2D eigenvalue weighted by Crippen LogP contribution is 2.28. The highest BCUT2D eigenvalue weighted by molar-refractivity contribution is 5.78. The van der Waals surface area contributed by atoms with Gasteiger partial charge in [0.05, 0.1) is 12.2 Å². The molecule has 0 heterocycles. The van der Waals surface area contributed by atoms with Crippen molar-refractivity contribution in [2.75, 3.05) is 6.61 Å². The van der Waals surface area contributed by atoms with Gasteiger partial charge in [-0.25, -0.2) is 13.6 Å². The van der Waals surface area contributed by atoms with Crippen LogP contribution in [0.4, 0.5) is 8.78 Å². The Labute approximate surface area is 95.0 Å². The normalized spacial score (nSPS) is 11.9. The summed E-state index contributed by atoms with van der Waals surface area (Å²) in [6, 6.07) is -0.762. The van der Waals surface area contributed by atoms with Gasteiger partial charge in [-0.2, -0.15) is 0 Å². The summed E-state index contributed by atoms with van der Waals surface area (Å²) >= 11 is 0. The summed E-state index contributed by atoms with van der Waals surface area (Å²) < 4.78 is 31.1. The predicted molar refractivity (Wildman–Crippen MR) is 53.2 cm³/mol. The molecule has 1 atom stereocenters. The van der Waals surface area contributed by atoms with Crippen LogP contribution in [0.5, 0.6) is 5.75 Å². The number of carbonyl (C=O) groups is 1. The lowest BCUT2D eigenvalue weighted by atomic mass is 10.1. The molecule has 7 heteroatoms. The molecule has 1 aromatic rings. The molecule has 1 N–H and O–H groups in total. The molecule has 0 fully saturated rings. The van der Waals surface area contributed by atoms with Gasteiger partial charge in [0.15, 0.2) is 0 Å². The number of ether oxygens (including phenoxy) is 1. The van der Waals surface area contributed by atoms with Crippen LogP contribution >= 0.6 is 0 Å².